The SMILES string of the molecule is CCOc1ccc(C(=O)COC(=O)c2ccc(N3C(=O)CC(Sc4nc(N)c(C#N)c(-c5ccc(C)cc5)c4C#N)C3=O)cc2)cc1. The first kappa shape index (κ1) is 32.4. The van der Waals surface area contributed by atoms with Crippen LogP contribution < -0.4 is 15.4 Å². The number of nitrogen functional groups attached to an aromatic ring is 1. The van der Waals surface area contributed by atoms with Crippen LogP contribution in [0.4, 0.5) is 11.5 Å². The topological polar surface area (TPSA) is 176 Å². The van der Waals surface area contributed by atoms with Gasteiger partial charge in [-0.3, -0.25) is 14.4 Å². The lowest BCUT2D eigenvalue weighted by Gasteiger charge is -2.16. The minimum Gasteiger partial charge on any atom is -0.494 e. The first-order valence-corrected chi connectivity index (χ1v) is 15.3. The van der Waals surface area contributed by atoms with Crippen LogP contribution in [0.1, 0.15) is 50.8 Å². The number of anilines is 2. The summed E-state index contributed by atoms with van der Waals surface area (Å²) in [5, 5.41) is 19.1. The van der Waals surface area contributed by atoms with Gasteiger partial charge in [0.25, 0.3) is 0 Å². The molecule has 4 aromatic rings. The molecule has 1 atom stereocenters. The molecule has 2 amide bonds. The number of benzene rings is 3. The molecule has 3 aromatic carbocycles. The number of pyridine rings is 1. The van der Waals surface area contributed by atoms with Gasteiger partial charge in [-0.15, -0.1) is 0 Å². The van der Waals surface area contributed by atoms with Crippen molar-refractivity contribution in [3.8, 4) is 29.0 Å². The van der Waals surface area contributed by atoms with Crippen molar-refractivity contribution in [2.24, 2.45) is 0 Å². The lowest BCUT2D eigenvalue weighted by molar-refractivity contribution is -0.121. The zero-order valence-corrected chi connectivity index (χ0v) is 26.2. The van der Waals surface area contributed by atoms with Crippen LogP contribution in [0, 0.1) is 29.6 Å². The average molecular weight is 646 g/mol. The van der Waals surface area contributed by atoms with Crippen LogP contribution in [0.15, 0.2) is 77.8 Å². The molecular formula is C35H27N5O6S. The van der Waals surface area contributed by atoms with E-state index in [1.165, 1.54) is 24.3 Å². The Kier molecular flexibility index (Phi) is 9.64. The van der Waals surface area contributed by atoms with Gasteiger partial charge < -0.3 is 15.2 Å². The third kappa shape index (κ3) is 6.83. The molecule has 1 aliphatic rings. The number of ketones is 1. The molecule has 0 saturated carbocycles. The second-order valence-electron chi connectivity index (χ2n) is 10.4. The molecule has 1 unspecified atom stereocenters. The molecule has 234 valence electrons. The number of hydrogen-bond acceptors (Lipinski definition) is 11. The fourth-order valence-electron chi connectivity index (χ4n) is 4.94. The highest BCUT2D eigenvalue weighted by atomic mass is 32.2. The summed E-state index contributed by atoms with van der Waals surface area (Å²) in [5.41, 5.74) is 8.85. The number of nitriles is 2. The first-order valence-electron chi connectivity index (χ1n) is 14.4. The highest BCUT2D eigenvalue weighted by Gasteiger charge is 2.41. The fourth-order valence-corrected chi connectivity index (χ4v) is 6.06. The smallest absolute Gasteiger partial charge is 0.338 e. The molecule has 0 spiro atoms. The van der Waals surface area contributed by atoms with Gasteiger partial charge in [-0.05, 0) is 67.9 Å². The van der Waals surface area contributed by atoms with Crippen molar-refractivity contribution in [1.29, 1.82) is 10.5 Å². The number of carbonyl (C=O) groups is 4. The van der Waals surface area contributed by atoms with Gasteiger partial charge in [0, 0.05) is 17.5 Å². The second-order valence-corrected chi connectivity index (χ2v) is 11.6. The van der Waals surface area contributed by atoms with Gasteiger partial charge in [-0.1, -0.05) is 41.6 Å². The summed E-state index contributed by atoms with van der Waals surface area (Å²) >= 11 is 0.928. The Balaban J connectivity index is 1.29. The van der Waals surface area contributed by atoms with Gasteiger partial charge in [0.2, 0.25) is 11.8 Å². The maximum Gasteiger partial charge on any atom is 0.338 e. The van der Waals surface area contributed by atoms with Crippen LogP contribution in [-0.2, 0) is 14.3 Å². The van der Waals surface area contributed by atoms with E-state index in [-0.39, 0.29) is 45.4 Å². The molecule has 1 aromatic heterocycles. The number of amides is 2. The van der Waals surface area contributed by atoms with Crippen LogP contribution in [0.25, 0.3) is 11.1 Å². The number of carbonyl (C=O) groups excluding carboxylic acids is 4. The second kappa shape index (κ2) is 14.0. The van der Waals surface area contributed by atoms with Gasteiger partial charge in [0.1, 0.15) is 34.3 Å². The number of aromatic nitrogens is 1. The average Bonchev–Trinajstić information content (AvgIpc) is 3.35. The molecule has 12 heteroatoms. The van der Waals surface area contributed by atoms with E-state index in [1.54, 1.807) is 36.4 Å². The van der Waals surface area contributed by atoms with Crippen LogP contribution >= 0.6 is 11.8 Å². The maximum absolute atomic E-state index is 13.5. The molecule has 2 heterocycles. The summed E-state index contributed by atoms with van der Waals surface area (Å²) < 4.78 is 10.5. The molecule has 1 saturated heterocycles. The Morgan fingerprint density at radius 3 is 2.21 bits per heavy atom. The van der Waals surface area contributed by atoms with Crippen molar-refractivity contribution in [2.45, 2.75) is 30.5 Å². The third-order valence-corrected chi connectivity index (χ3v) is 8.47. The number of rotatable bonds is 10. The van der Waals surface area contributed by atoms with Crippen molar-refractivity contribution < 1.29 is 28.7 Å². The molecule has 1 aliphatic heterocycles. The van der Waals surface area contributed by atoms with Gasteiger partial charge in [0.05, 0.1) is 28.7 Å². The number of nitrogens with zero attached hydrogens (tertiary/aromatic N) is 4. The standard InChI is InChI=1S/C35H27N5O6S/c1-3-45-25-14-10-21(11-15-25)28(41)19-46-35(44)23-8-12-24(13-9-23)40-30(42)16-29(34(40)43)47-33-27(18-37)31(26(17-36)32(38)39-33)22-6-4-20(2)5-7-22/h4-15,29H,3,16,19H2,1-2H3,(H2,38,39). The number of Topliss-reactive ketones (excluding diaryl/α,β-unsaturated/α-hetero) is 1. The zero-order chi connectivity index (χ0) is 33.7. The number of hydrogen-bond donors (Lipinski definition) is 1. The van der Waals surface area contributed by atoms with E-state index in [0.717, 1.165) is 22.2 Å². The first-order chi connectivity index (χ1) is 22.6. The Morgan fingerprint density at radius 2 is 1.60 bits per heavy atom. The maximum atomic E-state index is 13.5. The molecule has 11 nitrogen and oxygen atoms in total. The van der Waals surface area contributed by atoms with E-state index in [0.29, 0.717) is 29.0 Å². The molecular weight excluding hydrogens is 618 g/mol. The van der Waals surface area contributed by atoms with E-state index >= 15 is 0 Å². The fraction of sp³-hybridized carbons (Fsp3) is 0.171. The van der Waals surface area contributed by atoms with Crippen molar-refractivity contribution >= 4 is 46.8 Å². The predicted octanol–water partition coefficient (Wildman–Crippen LogP) is 5.25. The summed E-state index contributed by atoms with van der Waals surface area (Å²) in [4.78, 5) is 56.8. The van der Waals surface area contributed by atoms with Gasteiger partial charge in [0.15, 0.2) is 12.4 Å². The lowest BCUT2D eigenvalue weighted by atomic mass is 9.96. The molecule has 0 radical (unpaired) electrons. The Hall–Kier alpha value is -5.98. The Bertz CT molecular complexity index is 1960. The number of esters is 1. The number of nitrogens with two attached hydrogens (primary N) is 1. The van der Waals surface area contributed by atoms with Gasteiger partial charge in [-0.2, -0.15) is 10.5 Å². The summed E-state index contributed by atoms with van der Waals surface area (Å²) in [6.07, 6.45) is -0.173. The van der Waals surface area contributed by atoms with Gasteiger partial charge >= 0.3 is 5.97 Å². The summed E-state index contributed by atoms with van der Waals surface area (Å²) in [6, 6.07) is 23.5. The van der Waals surface area contributed by atoms with Gasteiger partial charge in [-0.25, -0.2) is 14.7 Å². The van der Waals surface area contributed by atoms with Crippen molar-refractivity contribution in [3.05, 3.63) is 101 Å². The Morgan fingerprint density at radius 1 is 0.957 bits per heavy atom. The molecule has 0 aliphatic carbocycles. The zero-order valence-electron chi connectivity index (χ0n) is 25.4. The molecule has 5 rings (SSSR count). The molecule has 47 heavy (non-hydrogen) atoms. The largest absolute Gasteiger partial charge is 0.494 e. The molecule has 1 fully saturated rings. The lowest BCUT2D eigenvalue weighted by Crippen LogP contribution is -2.31. The molecule has 0 bridgehead atoms. The van der Waals surface area contributed by atoms with Crippen molar-refractivity contribution in [3.63, 3.8) is 0 Å². The van der Waals surface area contributed by atoms with E-state index in [1.807, 2.05) is 32.0 Å². The normalized spacial score (nSPS) is 14.0. The van der Waals surface area contributed by atoms with Crippen LogP contribution in [0.5, 0.6) is 5.75 Å². The Labute approximate surface area is 274 Å². The third-order valence-electron chi connectivity index (χ3n) is 7.30. The van der Waals surface area contributed by atoms with E-state index < -0.39 is 29.6 Å². The number of imide groups is 1. The van der Waals surface area contributed by atoms with Crippen molar-refractivity contribution in [2.75, 3.05) is 23.8 Å². The minimum absolute atomic E-state index is 0.0457. The number of aryl methyl sites for hydroxylation is 1. The van der Waals surface area contributed by atoms with Crippen LogP contribution in [0.2, 0.25) is 0 Å². The monoisotopic (exact) mass is 645 g/mol. The summed E-state index contributed by atoms with van der Waals surface area (Å²) in [7, 11) is 0. The predicted molar refractivity (Wildman–Crippen MR) is 174 cm³/mol. The van der Waals surface area contributed by atoms with Crippen LogP contribution in [0.3, 0.4) is 0 Å². The summed E-state index contributed by atoms with van der Waals surface area (Å²) in [5.74, 6) is -1.64. The molecule has 2 N–H and O–H groups in total. The quantitative estimate of drug-likeness (QED) is 0.135. The highest BCUT2D eigenvalue weighted by molar-refractivity contribution is 8.00. The summed E-state index contributed by atoms with van der Waals surface area (Å²) in [6.45, 7) is 3.78. The van der Waals surface area contributed by atoms with Crippen LogP contribution in [-0.4, -0.2) is 47.0 Å². The number of thioether (sulfide) groups is 1. The minimum atomic E-state index is -0.918. The van der Waals surface area contributed by atoms with E-state index in [2.05, 4.69) is 11.1 Å². The number of ether oxygens (including phenoxy) is 2. The van der Waals surface area contributed by atoms with Crippen molar-refractivity contribution in [1.82, 2.24) is 4.98 Å². The van der Waals surface area contributed by atoms with E-state index in [4.69, 9.17) is 15.2 Å². The highest BCUT2D eigenvalue weighted by Crippen LogP contribution is 2.40. The van der Waals surface area contributed by atoms with E-state index in [9.17, 15) is 29.7 Å².